The second-order valence-corrected chi connectivity index (χ2v) is 4.38. The molecule has 5 nitrogen and oxygen atoms in total. The summed E-state index contributed by atoms with van der Waals surface area (Å²) in [4.78, 5) is 14.9. The molecule has 1 aromatic heterocycles. The van der Waals surface area contributed by atoms with Gasteiger partial charge in [0.2, 0.25) is 0 Å². The molecule has 0 aliphatic heterocycles. The van der Waals surface area contributed by atoms with E-state index < -0.39 is 4.92 Å². The maximum absolute atomic E-state index is 11.2. The van der Waals surface area contributed by atoms with Crippen molar-refractivity contribution >= 4 is 28.3 Å². The van der Waals surface area contributed by atoms with Crippen LogP contribution in [0.1, 0.15) is 0 Å². The van der Waals surface area contributed by atoms with E-state index in [9.17, 15) is 10.1 Å². The highest BCUT2D eigenvalue weighted by molar-refractivity contribution is 6.33. The first-order chi connectivity index (χ1) is 9.18. The van der Waals surface area contributed by atoms with E-state index in [1.165, 1.54) is 6.07 Å². The van der Waals surface area contributed by atoms with Crippen molar-refractivity contribution in [1.29, 1.82) is 0 Å². The lowest BCUT2D eigenvalue weighted by atomic mass is 10.2. The Hall–Kier alpha value is -2.40. The Balaban J connectivity index is 2.33. The molecule has 0 unspecified atom stereocenters. The van der Waals surface area contributed by atoms with Crippen molar-refractivity contribution in [3.63, 3.8) is 0 Å². The molecule has 0 saturated carbocycles. The maximum atomic E-state index is 11.2. The van der Waals surface area contributed by atoms with Gasteiger partial charge in [0.1, 0.15) is 17.0 Å². The van der Waals surface area contributed by atoms with Gasteiger partial charge in [0.05, 0.1) is 16.0 Å². The number of nitro benzene ring substituents is 1. The SMILES string of the molecule is O=[N+]([O-])c1c(Cl)cccc1-n1cnc2ccccc21. The minimum atomic E-state index is -0.480. The summed E-state index contributed by atoms with van der Waals surface area (Å²) in [6.45, 7) is 0. The van der Waals surface area contributed by atoms with Gasteiger partial charge in [-0.1, -0.05) is 29.8 Å². The van der Waals surface area contributed by atoms with Crippen molar-refractivity contribution in [2.45, 2.75) is 0 Å². The average molecular weight is 274 g/mol. The molecule has 3 aromatic rings. The van der Waals surface area contributed by atoms with Gasteiger partial charge in [0.25, 0.3) is 0 Å². The van der Waals surface area contributed by atoms with E-state index in [0.717, 1.165) is 11.0 Å². The quantitative estimate of drug-likeness (QED) is 0.529. The highest BCUT2D eigenvalue weighted by Crippen LogP contribution is 2.32. The second kappa shape index (κ2) is 4.37. The van der Waals surface area contributed by atoms with E-state index in [0.29, 0.717) is 5.69 Å². The van der Waals surface area contributed by atoms with Crippen molar-refractivity contribution in [2.75, 3.05) is 0 Å². The highest BCUT2D eigenvalue weighted by Gasteiger charge is 2.20. The van der Waals surface area contributed by atoms with Crippen molar-refractivity contribution in [2.24, 2.45) is 0 Å². The summed E-state index contributed by atoms with van der Waals surface area (Å²) in [6, 6.07) is 12.3. The molecule has 0 bridgehead atoms. The monoisotopic (exact) mass is 273 g/mol. The predicted octanol–water partition coefficient (Wildman–Crippen LogP) is 3.59. The first-order valence-electron chi connectivity index (χ1n) is 5.54. The van der Waals surface area contributed by atoms with E-state index in [1.807, 2.05) is 24.3 Å². The molecule has 0 saturated heterocycles. The van der Waals surface area contributed by atoms with Crippen LogP contribution in [0, 0.1) is 10.1 Å². The third kappa shape index (κ3) is 1.84. The second-order valence-electron chi connectivity index (χ2n) is 3.97. The van der Waals surface area contributed by atoms with E-state index in [2.05, 4.69) is 4.98 Å². The van der Waals surface area contributed by atoms with Crippen LogP contribution in [0.5, 0.6) is 0 Å². The lowest BCUT2D eigenvalue weighted by molar-refractivity contribution is -0.384. The van der Waals surface area contributed by atoms with Gasteiger partial charge >= 0.3 is 5.69 Å². The Labute approximate surface area is 113 Å². The van der Waals surface area contributed by atoms with Crippen molar-refractivity contribution < 1.29 is 4.92 Å². The number of para-hydroxylation sites is 3. The zero-order valence-corrected chi connectivity index (χ0v) is 10.4. The van der Waals surface area contributed by atoms with Crippen LogP contribution in [-0.2, 0) is 0 Å². The molecule has 3 rings (SSSR count). The van der Waals surface area contributed by atoms with Crippen molar-refractivity contribution in [3.05, 3.63) is 63.9 Å². The van der Waals surface area contributed by atoms with Gasteiger partial charge in [-0.3, -0.25) is 14.7 Å². The summed E-state index contributed by atoms with van der Waals surface area (Å²) in [5.74, 6) is 0. The summed E-state index contributed by atoms with van der Waals surface area (Å²) in [7, 11) is 0. The molecule has 0 aliphatic rings. The summed E-state index contributed by atoms with van der Waals surface area (Å²) < 4.78 is 1.67. The number of aromatic nitrogens is 2. The van der Waals surface area contributed by atoms with Crippen LogP contribution in [0.2, 0.25) is 5.02 Å². The summed E-state index contributed by atoms with van der Waals surface area (Å²) in [5, 5.41) is 11.3. The number of hydrogen-bond acceptors (Lipinski definition) is 3. The summed E-state index contributed by atoms with van der Waals surface area (Å²) >= 11 is 5.92. The van der Waals surface area contributed by atoms with Gasteiger partial charge in [-0.25, -0.2) is 4.98 Å². The third-order valence-electron chi connectivity index (χ3n) is 2.86. The smallest absolute Gasteiger partial charge is 0.293 e. The normalized spacial score (nSPS) is 10.8. The van der Waals surface area contributed by atoms with Crippen LogP contribution in [0.3, 0.4) is 0 Å². The molecule has 0 radical (unpaired) electrons. The minimum absolute atomic E-state index is 0.111. The summed E-state index contributed by atoms with van der Waals surface area (Å²) in [5.41, 5.74) is 1.86. The molecule has 0 fully saturated rings. The Morgan fingerprint density at radius 1 is 1.16 bits per heavy atom. The molecule has 6 heteroatoms. The van der Waals surface area contributed by atoms with Gasteiger partial charge < -0.3 is 0 Å². The van der Waals surface area contributed by atoms with Gasteiger partial charge in [0.15, 0.2) is 0 Å². The van der Waals surface area contributed by atoms with E-state index >= 15 is 0 Å². The average Bonchev–Trinajstić information content (AvgIpc) is 2.81. The fraction of sp³-hybridized carbons (Fsp3) is 0. The molecule has 19 heavy (non-hydrogen) atoms. The predicted molar refractivity (Wildman–Crippen MR) is 72.7 cm³/mol. The van der Waals surface area contributed by atoms with Crippen LogP contribution < -0.4 is 0 Å². The van der Waals surface area contributed by atoms with Crippen molar-refractivity contribution in [1.82, 2.24) is 9.55 Å². The van der Waals surface area contributed by atoms with Gasteiger partial charge in [0, 0.05) is 0 Å². The molecule has 0 atom stereocenters. The van der Waals surface area contributed by atoms with E-state index in [-0.39, 0.29) is 10.7 Å². The number of hydrogen-bond donors (Lipinski definition) is 0. The number of rotatable bonds is 2. The van der Waals surface area contributed by atoms with Crippen molar-refractivity contribution in [3.8, 4) is 5.69 Å². The Kier molecular flexibility index (Phi) is 2.68. The Morgan fingerprint density at radius 3 is 2.74 bits per heavy atom. The maximum Gasteiger partial charge on any atom is 0.311 e. The molecular weight excluding hydrogens is 266 g/mol. The topological polar surface area (TPSA) is 61.0 Å². The number of nitrogens with zero attached hydrogens (tertiary/aromatic N) is 3. The first kappa shape index (κ1) is 11.7. The lowest BCUT2D eigenvalue weighted by Crippen LogP contribution is -1.99. The molecule has 0 aliphatic carbocycles. The number of fused-ring (bicyclic) bond motifs is 1. The molecule has 0 spiro atoms. The fourth-order valence-electron chi connectivity index (χ4n) is 2.03. The Morgan fingerprint density at radius 2 is 1.95 bits per heavy atom. The minimum Gasteiger partial charge on any atom is -0.293 e. The molecule has 0 amide bonds. The fourth-order valence-corrected chi connectivity index (χ4v) is 2.27. The van der Waals surface area contributed by atoms with Crippen LogP contribution in [0.25, 0.3) is 16.7 Å². The molecule has 0 N–H and O–H groups in total. The standard InChI is InChI=1S/C13H8ClN3O2/c14-9-4-3-7-12(13(9)17(18)19)16-8-15-10-5-1-2-6-11(10)16/h1-8H. The molecule has 1 heterocycles. The number of benzene rings is 2. The number of imidazole rings is 1. The summed E-state index contributed by atoms with van der Waals surface area (Å²) in [6.07, 6.45) is 1.56. The zero-order valence-electron chi connectivity index (χ0n) is 9.65. The Bertz CT molecular complexity index is 782. The largest absolute Gasteiger partial charge is 0.311 e. The van der Waals surface area contributed by atoms with Crippen LogP contribution in [0.15, 0.2) is 48.8 Å². The molecule has 2 aromatic carbocycles. The van der Waals surface area contributed by atoms with E-state index in [1.54, 1.807) is 23.0 Å². The lowest BCUT2D eigenvalue weighted by Gasteiger charge is -2.06. The molecular formula is C13H8ClN3O2. The van der Waals surface area contributed by atoms with E-state index in [4.69, 9.17) is 11.6 Å². The van der Waals surface area contributed by atoms with Gasteiger partial charge in [-0.2, -0.15) is 0 Å². The van der Waals surface area contributed by atoms with Gasteiger partial charge in [-0.05, 0) is 24.3 Å². The number of nitro groups is 1. The third-order valence-corrected chi connectivity index (χ3v) is 3.17. The van der Waals surface area contributed by atoms with Crippen LogP contribution in [-0.4, -0.2) is 14.5 Å². The first-order valence-corrected chi connectivity index (χ1v) is 5.91. The highest BCUT2D eigenvalue weighted by atomic mass is 35.5. The van der Waals surface area contributed by atoms with Gasteiger partial charge in [-0.15, -0.1) is 0 Å². The zero-order chi connectivity index (χ0) is 13.4. The number of halogens is 1. The van der Waals surface area contributed by atoms with Crippen LogP contribution >= 0.6 is 11.6 Å². The van der Waals surface area contributed by atoms with Crippen LogP contribution in [0.4, 0.5) is 5.69 Å². The molecule has 94 valence electrons.